The van der Waals surface area contributed by atoms with Gasteiger partial charge in [-0.3, -0.25) is 4.90 Å². The SMILES string of the molecule is CC[C@@H]1COC(C)(C)CN1C. The summed E-state index contributed by atoms with van der Waals surface area (Å²) < 4.78 is 5.70. The van der Waals surface area contributed by atoms with Crippen LogP contribution in [0.2, 0.25) is 0 Å². The summed E-state index contributed by atoms with van der Waals surface area (Å²) in [5.41, 5.74) is 0.0560. The molecule has 1 fully saturated rings. The van der Waals surface area contributed by atoms with Crippen LogP contribution in [0, 0.1) is 0 Å². The zero-order chi connectivity index (χ0) is 8.48. The number of nitrogens with zero attached hydrogens (tertiary/aromatic N) is 1. The molecule has 2 heteroatoms. The Hall–Kier alpha value is -0.0800. The molecule has 0 amide bonds. The summed E-state index contributed by atoms with van der Waals surface area (Å²) in [5.74, 6) is 0. The van der Waals surface area contributed by atoms with Crippen LogP contribution < -0.4 is 0 Å². The third-order valence-corrected chi connectivity index (χ3v) is 2.39. The smallest absolute Gasteiger partial charge is 0.0753 e. The second-order valence-corrected chi connectivity index (χ2v) is 4.05. The van der Waals surface area contributed by atoms with Gasteiger partial charge in [-0.15, -0.1) is 0 Å². The van der Waals surface area contributed by atoms with Crippen molar-refractivity contribution in [2.75, 3.05) is 20.2 Å². The number of morpholine rings is 1. The summed E-state index contributed by atoms with van der Waals surface area (Å²) in [4.78, 5) is 2.39. The number of likely N-dealkylation sites (N-methyl/N-ethyl adjacent to an activating group) is 1. The first kappa shape index (κ1) is 9.01. The minimum Gasteiger partial charge on any atom is -0.373 e. The van der Waals surface area contributed by atoms with E-state index >= 15 is 0 Å². The Morgan fingerprint density at radius 1 is 1.55 bits per heavy atom. The fourth-order valence-corrected chi connectivity index (χ4v) is 1.65. The molecule has 66 valence electrons. The molecule has 1 atom stereocenters. The van der Waals surface area contributed by atoms with E-state index in [0.29, 0.717) is 6.04 Å². The van der Waals surface area contributed by atoms with Crippen LogP contribution in [0.4, 0.5) is 0 Å². The normalized spacial score (nSPS) is 32.2. The van der Waals surface area contributed by atoms with Crippen LogP contribution in [-0.2, 0) is 4.74 Å². The van der Waals surface area contributed by atoms with Gasteiger partial charge in [0.2, 0.25) is 0 Å². The quantitative estimate of drug-likeness (QED) is 0.572. The van der Waals surface area contributed by atoms with Crippen molar-refractivity contribution in [1.29, 1.82) is 0 Å². The van der Waals surface area contributed by atoms with Gasteiger partial charge in [0.05, 0.1) is 12.2 Å². The molecular weight excluding hydrogens is 138 g/mol. The molecule has 0 aromatic heterocycles. The molecule has 1 rings (SSSR count). The monoisotopic (exact) mass is 157 g/mol. The van der Waals surface area contributed by atoms with Crippen molar-refractivity contribution in [2.24, 2.45) is 0 Å². The van der Waals surface area contributed by atoms with Gasteiger partial charge in [-0.1, -0.05) is 6.92 Å². The number of hydrogen-bond acceptors (Lipinski definition) is 2. The Labute approximate surface area is 69.5 Å². The number of rotatable bonds is 1. The van der Waals surface area contributed by atoms with Gasteiger partial charge in [-0.2, -0.15) is 0 Å². The fraction of sp³-hybridized carbons (Fsp3) is 1.00. The Bertz CT molecular complexity index is 134. The molecule has 0 saturated carbocycles. The molecule has 0 spiro atoms. The molecular formula is C9H19NO. The fourth-order valence-electron chi connectivity index (χ4n) is 1.65. The molecule has 0 aromatic carbocycles. The molecule has 1 heterocycles. The average Bonchev–Trinajstić information content (AvgIpc) is 1.86. The minimum atomic E-state index is 0.0560. The van der Waals surface area contributed by atoms with Gasteiger partial charge in [-0.25, -0.2) is 0 Å². The molecule has 0 aliphatic carbocycles. The van der Waals surface area contributed by atoms with E-state index in [-0.39, 0.29) is 5.60 Å². The van der Waals surface area contributed by atoms with E-state index in [9.17, 15) is 0 Å². The van der Waals surface area contributed by atoms with Gasteiger partial charge in [0.1, 0.15) is 0 Å². The summed E-state index contributed by atoms with van der Waals surface area (Å²) >= 11 is 0. The van der Waals surface area contributed by atoms with Crippen molar-refractivity contribution in [3.05, 3.63) is 0 Å². The maximum absolute atomic E-state index is 5.70. The molecule has 0 aromatic rings. The standard InChI is InChI=1S/C9H19NO/c1-5-8-6-11-9(2,3)7-10(8)4/h8H,5-7H2,1-4H3/t8-/m1/s1. The van der Waals surface area contributed by atoms with Crippen molar-refractivity contribution in [2.45, 2.75) is 38.8 Å². The van der Waals surface area contributed by atoms with E-state index in [4.69, 9.17) is 4.74 Å². The van der Waals surface area contributed by atoms with Gasteiger partial charge in [0.25, 0.3) is 0 Å². The maximum Gasteiger partial charge on any atom is 0.0753 e. The van der Waals surface area contributed by atoms with Gasteiger partial charge in [0, 0.05) is 12.6 Å². The van der Waals surface area contributed by atoms with Crippen LogP contribution in [0.3, 0.4) is 0 Å². The molecule has 0 bridgehead atoms. The van der Waals surface area contributed by atoms with E-state index in [1.807, 2.05) is 0 Å². The molecule has 11 heavy (non-hydrogen) atoms. The third kappa shape index (κ3) is 2.17. The predicted molar refractivity (Wildman–Crippen MR) is 46.7 cm³/mol. The van der Waals surface area contributed by atoms with Crippen LogP contribution in [0.25, 0.3) is 0 Å². The zero-order valence-electron chi connectivity index (χ0n) is 8.05. The van der Waals surface area contributed by atoms with Crippen molar-refractivity contribution in [1.82, 2.24) is 4.90 Å². The maximum atomic E-state index is 5.70. The summed E-state index contributed by atoms with van der Waals surface area (Å²) in [6.07, 6.45) is 1.19. The molecule has 0 radical (unpaired) electrons. The molecule has 2 nitrogen and oxygen atoms in total. The molecule has 1 saturated heterocycles. The van der Waals surface area contributed by atoms with Gasteiger partial charge >= 0.3 is 0 Å². The first-order valence-corrected chi connectivity index (χ1v) is 4.39. The van der Waals surface area contributed by atoms with E-state index in [0.717, 1.165) is 13.2 Å². The first-order valence-electron chi connectivity index (χ1n) is 4.39. The Kier molecular flexibility index (Phi) is 2.55. The summed E-state index contributed by atoms with van der Waals surface area (Å²) in [5, 5.41) is 0. The van der Waals surface area contributed by atoms with Crippen LogP contribution in [0.5, 0.6) is 0 Å². The van der Waals surface area contributed by atoms with Crippen LogP contribution >= 0.6 is 0 Å². The van der Waals surface area contributed by atoms with E-state index in [1.165, 1.54) is 6.42 Å². The number of hydrogen-bond donors (Lipinski definition) is 0. The van der Waals surface area contributed by atoms with E-state index in [1.54, 1.807) is 0 Å². The number of ether oxygens (including phenoxy) is 1. The lowest BCUT2D eigenvalue weighted by Gasteiger charge is -2.41. The van der Waals surface area contributed by atoms with Crippen LogP contribution in [-0.4, -0.2) is 36.7 Å². The summed E-state index contributed by atoms with van der Waals surface area (Å²) in [6.45, 7) is 8.44. The van der Waals surface area contributed by atoms with E-state index < -0.39 is 0 Å². The molecule has 0 N–H and O–H groups in total. The first-order chi connectivity index (χ1) is 5.05. The summed E-state index contributed by atoms with van der Waals surface area (Å²) in [7, 11) is 2.18. The lowest BCUT2D eigenvalue weighted by molar-refractivity contribution is -0.107. The van der Waals surface area contributed by atoms with Crippen molar-refractivity contribution in [3.8, 4) is 0 Å². The zero-order valence-corrected chi connectivity index (χ0v) is 8.05. The van der Waals surface area contributed by atoms with Crippen LogP contribution in [0.1, 0.15) is 27.2 Å². The molecule has 1 aliphatic heterocycles. The second-order valence-electron chi connectivity index (χ2n) is 4.05. The van der Waals surface area contributed by atoms with Crippen molar-refractivity contribution in [3.63, 3.8) is 0 Å². The van der Waals surface area contributed by atoms with Crippen molar-refractivity contribution < 1.29 is 4.74 Å². The van der Waals surface area contributed by atoms with E-state index in [2.05, 4.69) is 32.7 Å². The topological polar surface area (TPSA) is 12.5 Å². The van der Waals surface area contributed by atoms with Gasteiger partial charge in [-0.05, 0) is 27.3 Å². The highest BCUT2D eigenvalue weighted by Gasteiger charge is 2.30. The average molecular weight is 157 g/mol. The molecule has 0 unspecified atom stereocenters. The van der Waals surface area contributed by atoms with Gasteiger partial charge < -0.3 is 4.74 Å². The third-order valence-electron chi connectivity index (χ3n) is 2.39. The highest BCUT2D eigenvalue weighted by molar-refractivity contribution is 4.82. The lowest BCUT2D eigenvalue weighted by Crippen LogP contribution is -2.51. The molecule has 1 aliphatic rings. The Morgan fingerprint density at radius 3 is 2.64 bits per heavy atom. The second kappa shape index (κ2) is 3.11. The summed E-state index contributed by atoms with van der Waals surface area (Å²) in [6, 6.07) is 0.628. The highest BCUT2D eigenvalue weighted by Crippen LogP contribution is 2.20. The Balaban J connectivity index is 2.48. The largest absolute Gasteiger partial charge is 0.373 e. The van der Waals surface area contributed by atoms with Crippen LogP contribution in [0.15, 0.2) is 0 Å². The van der Waals surface area contributed by atoms with Gasteiger partial charge in [0.15, 0.2) is 0 Å². The Morgan fingerprint density at radius 2 is 2.18 bits per heavy atom. The predicted octanol–water partition coefficient (Wildman–Crippen LogP) is 1.51. The van der Waals surface area contributed by atoms with Crippen molar-refractivity contribution >= 4 is 0 Å². The lowest BCUT2D eigenvalue weighted by atomic mass is 10.0. The highest BCUT2D eigenvalue weighted by atomic mass is 16.5. The minimum absolute atomic E-state index is 0.0560.